The second-order valence-corrected chi connectivity index (χ2v) is 5.20. The molecule has 6 heteroatoms. The van der Waals surface area contributed by atoms with E-state index in [1.807, 2.05) is 17.7 Å². The van der Waals surface area contributed by atoms with Gasteiger partial charge in [0.15, 0.2) is 0 Å². The number of aryl methyl sites for hydroxylation is 3. The van der Waals surface area contributed by atoms with E-state index in [1.54, 1.807) is 0 Å². The number of nitrogens with one attached hydrogen (secondary N) is 1. The van der Waals surface area contributed by atoms with Crippen molar-refractivity contribution in [3.05, 3.63) is 33.4 Å². The predicted octanol–water partition coefficient (Wildman–Crippen LogP) is 2.81. The fourth-order valence-electron chi connectivity index (χ4n) is 2.00. The second-order valence-electron chi connectivity index (χ2n) is 4.41. The molecule has 0 bridgehead atoms. The molecule has 0 radical (unpaired) electrons. The Morgan fingerprint density at radius 2 is 2.16 bits per heavy atom. The Bertz CT molecular complexity index is 547. The molecular formula is C13H19BrN4O. The van der Waals surface area contributed by atoms with Crippen LogP contribution in [0.15, 0.2) is 15.1 Å². The van der Waals surface area contributed by atoms with Crippen LogP contribution in [0.4, 0.5) is 0 Å². The van der Waals surface area contributed by atoms with Crippen LogP contribution in [0.3, 0.4) is 0 Å². The zero-order chi connectivity index (χ0) is 13.8. The van der Waals surface area contributed by atoms with E-state index >= 15 is 0 Å². The SMILES string of the molecule is CCc1nn(CC)c(CNCc2cc(C)on2)c1Br. The Balaban J connectivity index is 2.00. The second kappa shape index (κ2) is 6.34. The van der Waals surface area contributed by atoms with Crippen LogP contribution in [0.5, 0.6) is 0 Å². The van der Waals surface area contributed by atoms with Gasteiger partial charge in [0.05, 0.1) is 21.6 Å². The molecule has 19 heavy (non-hydrogen) atoms. The highest BCUT2D eigenvalue weighted by Gasteiger charge is 2.13. The van der Waals surface area contributed by atoms with Gasteiger partial charge >= 0.3 is 0 Å². The zero-order valence-corrected chi connectivity index (χ0v) is 13.1. The van der Waals surface area contributed by atoms with Crippen LogP contribution in [0, 0.1) is 6.92 Å². The molecule has 0 atom stereocenters. The molecule has 0 aliphatic heterocycles. The average molecular weight is 327 g/mol. The molecule has 0 aromatic carbocycles. The van der Waals surface area contributed by atoms with E-state index in [-0.39, 0.29) is 0 Å². The van der Waals surface area contributed by atoms with Gasteiger partial charge in [0.1, 0.15) is 5.76 Å². The molecule has 104 valence electrons. The highest BCUT2D eigenvalue weighted by molar-refractivity contribution is 9.10. The molecule has 0 spiro atoms. The largest absolute Gasteiger partial charge is 0.361 e. The number of hydrogen-bond acceptors (Lipinski definition) is 4. The van der Waals surface area contributed by atoms with Gasteiger partial charge in [-0.2, -0.15) is 5.10 Å². The summed E-state index contributed by atoms with van der Waals surface area (Å²) in [5.74, 6) is 0.838. The Hall–Kier alpha value is -1.14. The lowest BCUT2D eigenvalue weighted by Crippen LogP contribution is -2.16. The van der Waals surface area contributed by atoms with E-state index in [4.69, 9.17) is 4.52 Å². The van der Waals surface area contributed by atoms with Crippen molar-refractivity contribution in [2.45, 2.75) is 46.8 Å². The molecule has 0 aliphatic carbocycles. The van der Waals surface area contributed by atoms with Crippen molar-refractivity contribution < 1.29 is 4.52 Å². The third-order valence-corrected chi connectivity index (χ3v) is 3.88. The molecule has 5 nitrogen and oxygen atoms in total. The minimum Gasteiger partial charge on any atom is -0.361 e. The maximum atomic E-state index is 5.04. The summed E-state index contributed by atoms with van der Waals surface area (Å²) < 4.78 is 8.18. The molecule has 2 rings (SSSR count). The third kappa shape index (κ3) is 3.25. The maximum Gasteiger partial charge on any atom is 0.133 e. The molecule has 0 saturated heterocycles. The smallest absolute Gasteiger partial charge is 0.133 e. The van der Waals surface area contributed by atoms with Crippen molar-refractivity contribution >= 4 is 15.9 Å². The summed E-state index contributed by atoms with van der Waals surface area (Å²) in [5.41, 5.74) is 3.21. The van der Waals surface area contributed by atoms with Gasteiger partial charge in [-0.25, -0.2) is 0 Å². The van der Waals surface area contributed by atoms with E-state index in [1.165, 1.54) is 5.69 Å². The van der Waals surface area contributed by atoms with E-state index < -0.39 is 0 Å². The van der Waals surface area contributed by atoms with Crippen LogP contribution in [0.25, 0.3) is 0 Å². The summed E-state index contributed by atoms with van der Waals surface area (Å²) in [6, 6.07) is 1.94. The van der Waals surface area contributed by atoms with Crippen LogP contribution in [-0.4, -0.2) is 14.9 Å². The summed E-state index contributed by atoms with van der Waals surface area (Å²) in [6.07, 6.45) is 0.934. The molecule has 2 aromatic rings. The van der Waals surface area contributed by atoms with Gasteiger partial charge in [-0.15, -0.1) is 0 Å². The Labute approximate surface area is 121 Å². The topological polar surface area (TPSA) is 55.9 Å². The Morgan fingerprint density at radius 3 is 2.74 bits per heavy atom. The molecule has 0 aliphatic rings. The van der Waals surface area contributed by atoms with Gasteiger partial charge in [-0.1, -0.05) is 12.1 Å². The summed E-state index contributed by atoms with van der Waals surface area (Å²) in [6.45, 7) is 8.44. The van der Waals surface area contributed by atoms with Gasteiger partial charge in [0.25, 0.3) is 0 Å². The third-order valence-electron chi connectivity index (χ3n) is 2.97. The number of halogens is 1. The fraction of sp³-hybridized carbons (Fsp3) is 0.538. The van der Waals surface area contributed by atoms with E-state index in [2.05, 4.69) is 45.3 Å². The Kier molecular flexibility index (Phi) is 4.76. The average Bonchev–Trinajstić information content (AvgIpc) is 2.94. The van der Waals surface area contributed by atoms with Crippen LogP contribution in [0.1, 0.15) is 36.7 Å². The summed E-state index contributed by atoms with van der Waals surface area (Å²) in [5, 5.41) is 11.9. The first-order valence-electron chi connectivity index (χ1n) is 6.52. The highest BCUT2D eigenvalue weighted by atomic mass is 79.9. The van der Waals surface area contributed by atoms with Crippen molar-refractivity contribution in [1.82, 2.24) is 20.3 Å². The van der Waals surface area contributed by atoms with Crippen molar-refractivity contribution in [3.63, 3.8) is 0 Å². The lowest BCUT2D eigenvalue weighted by molar-refractivity contribution is 0.388. The van der Waals surface area contributed by atoms with Gasteiger partial charge < -0.3 is 9.84 Å². The Morgan fingerprint density at radius 1 is 1.37 bits per heavy atom. The van der Waals surface area contributed by atoms with Crippen LogP contribution in [0.2, 0.25) is 0 Å². The van der Waals surface area contributed by atoms with Crippen molar-refractivity contribution in [3.8, 4) is 0 Å². The summed E-state index contributed by atoms with van der Waals surface area (Å²) >= 11 is 3.64. The fourth-order valence-corrected chi connectivity index (χ4v) is 2.70. The molecule has 0 amide bonds. The highest BCUT2D eigenvalue weighted by Crippen LogP contribution is 2.22. The van der Waals surface area contributed by atoms with Crippen LogP contribution in [-0.2, 0) is 26.1 Å². The van der Waals surface area contributed by atoms with E-state index in [9.17, 15) is 0 Å². The van der Waals surface area contributed by atoms with Gasteiger partial charge in [0.2, 0.25) is 0 Å². The first-order chi connectivity index (χ1) is 9.15. The van der Waals surface area contributed by atoms with E-state index in [0.29, 0.717) is 6.54 Å². The maximum absolute atomic E-state index is 5.04. The first kappa shape index (κ1) is 14.3. The number of aromatic nitrogens is 3. The zero-order valence-electron chi connectivity index (χ0n) is 11.5. The molecule has 0 saturated carbocycles. The molecule has 0 fully saturated rings. The quantitative estimate of drug-likeness (QED) is 0.886. The van der Waals surface area contributed by atoms with Crippen molar-refractivity contribution in [2.75, 3.05) is 0 Å². The lowest BCUT2D eigenvalue weighted by Gasteiger charge is -2.06. The summed E-state index contributed by atoms with van der Waals surface area (Å²) in [7, 11) is 0. The molecule has 2 aromatic heterocycles. The molecule has 2 heterocycles. The van der Waals surface area contributed by atoms with Crippen molar-refractivity contribution in [2.24, 2.45) is 0 Å². The minimum absolute atomic E-state index is 0.695. The molecular weight excluding hydrogens is 308 g/mol. The van der Waals surface area contributed by atoms with E-state index in [0.717, 1.165) is 41.1 Å². The summed E-state index contributed by atoms with van der Waals surface area (Å²) in [4.78, 5) is 0. The van der Waals surface area contributed by atoms with Crippen LogP contribution < -0.4 is 5.32 Å². The minimum atomic E-state index is 0.695. The molecule has 0 unspecified atom stereocenters. The number of nitrogens with zero attached hydrogens (tertiary/aromatic N) is 3. The standard InChI is InChI=1S/C13H19BrN4O/c1-4-11-13(14)12(18(5-2)16-11)8-15-7-10-6-9(3)19-17-10/h6,15H,4-5,7-8H2,1-3H3. The monoisotopic (exact) mass is 326 g/mol. The van der Waals surface area contributed by atoms with Gasteiger partial charge in [0, 0.05) is 25.7 Å². The van der Waals surface area contributed by atoms with Crippen LogP contribution >= 0.6 is 15.9 Å². The normalized spacial score (nSPS) is 11.2. The molecule has 1 N–H and O–H groups in total. The predicted molar refractivity (Wildman–Crippen MR) is 76.8 cm³/mol. The number of hydrogen-bond donors (Lipinski definition) is 1. The lowest BCUT2D eigenvalue weighted by atomic mass is 10.3. The van der Waals surface area contributed by atoms with Gasteiger partial charge in [-0.05, 0) is 36.2 Å². The first-order valence-corrected chi connectivity index (χ1v) is 7.32. The van der Waals surface area contributed by atoms with Crippen molar-refractivity contribution in [1.29, 1.82) is 0 Å². The number of rotatable bonds is 6. The van der Waals surface area contributed by atoms with Gasteiger partial charge in [-0.3, -0.25) is 4.68 Å².